The molecule has 1 aromatic heterocycles. The molecule has 2 rings (SSSR count). The molecule has 0 saturated carbocycles. The molecule has 1 N–H and O–H groups in total. The van der Waals surface area contributed by atoms with Crippen molar-refractivity contribution in [2.75, 3.05) is 19.4 Å². The quantitative estimate of drug-likeness (QED) is 0.927. The zero-order chi connectivity index (χ0) is 15.4. The predicted molar refractivity (Wildman–Crippen MR) is 80.1 cm³/mol. The molecule has 6 heteroatoms. The van der Waals surface area contributed by atoms with E-state index in [9.17, 15) is 9.59 Å². The molecule has 2 aromatic rings. The van der Waals surface area contributed by atoms with Gasteiger partial charge in [-0.15, -0.1) is 0 Å². The molecule has 0 aliphatic carbocycles. The summed E-state index contributed by atoms with van der Waals surface area (Å²) in [5, 5.41) is 6.82. The molecule has 0 fully saturated rings. The minimum absolute atomic E-state index is 0.103. The Balaban J connectivity index is 2.04. The lowest BCUT2D eigenvalue weighted by molar-refractivity contribution is -0.116. The summed E-state index contributed by atoms with van der Waals surface area (Å²) in [6.45, 7) is 2.05. The van der Waals surface area contributed by atoms with Gasteiger partial charge in [-0.25, -0.2) is 0 Å². The van der Waals surface area contributed by atoms with Crippen LogP contribution in [0.2, 0.25) is 0 Å². The first-order valence-corrected chi connectivity index (χ1v) is 6.56. The summed E-state index contributed by atoms with van der Waals surface area (Å²) in [4.78, 5) is 25.3. The van der Waals surface area contributed by atoms with E-state index in [1.165, 1.54) is 4.90 Å². The SMILES string of the molecule is Cc1cnn(CC(=O)Nc2cccc(C(=O)N(C)C)c2)c1. The Hall–Kier alpha value is -2.63. The van der Waals surface area contributed by atoms with E-state index in [1.807, 2.05) is 6.92 Å². The molecule has 1 heterocycles. The van der Waals surface area contributed by atoms with Gasteiger partial charge in [-0.3, -0.25) is 14.3 Å². The van der Waals surface area contributed by atoms with E-state index in [0.717, 1.165) is 5.56 Å². The van der Waals surface area contributed by atoms with Crippen LogP contribution in [0.1, 0.15) is 15.9 Å². The van der Waals surface area contributed by atoms with Crippen LogP contribution in [0, 0.1) is 6.92 Å². The van der Waals surface area contributed by atoms with E-state index >= 15 is 0 Å². The number of aromatic nitrogens is 2. The van der Waals surface area contributed by atoms with Crippen molar-refractivity contribution in [2.24, 2.45) is 0 Å². The zero-order valence-electron chi connectivity index (χ0n) is 12.3. The summed E-state index contributed by atoms with van der Waals surface area (Å²) in [5.41, 5.74) is 2.13. The van der Waals surface area contributed by atoms with Crippen LogP contribution in [-0.4, -0.2) is 40.6 Å². The second kappa shape index (κ2) is 6.21. The van der Waals surface area contributed by atoms with Gasteiger partial charge in [-0.1, -0.05) is 6.07 Å². The van der Waals surface area contributed by atoms with Crippen LogP contribution in [0.4, 0.5) is 5.69 Å². The van der Waals surface area contributed by atoms with Gasteiger partial charge in [0.15, 0.2) is 0 Å². The van der Waals surface area contributed by atoms with Crippen molar-refractivity contribution in [3.63, 3.8) is 0 Å². The normalized spacial score (nSPS) is 10.2. The highest BCUT2D eigenvalue weighted by molar-refractivity contribution is 5.96. The summed E-state index contributed by atoms with van der Waals surface area (Å²) < 4.78 is 1.57. The molecule has 1 aromatic carbocycles. The third-order valence-corrected chi connectivity index (χ3v) is 2.87. The van der Waals surface area contributed by atoms with Gasteiger partial charge in [0.1, 0.15) is 6.54 Å². The number of hydrogen-bond acceptors (Lipinski definition) is 3. The average Bonchev–Trinajstić information content (AvgIpc) is 2.83. The van der Waals surface area contributed by atoms with Gasteiger partial charge < -0.3 is 10.2 Å². The molecule has 110 valence electrons. The molecule has 0 aliphatic rings. The van der Waals surface area contributed by atoms with E-state index in [1.54, 1.807) is 55.4 Å². The lowest BCUT2D eigenvalue weighted by atomic mass is 10.2. The molecule has 0 radical (unpaired) electrons. The van der Waals surface area contributed by atoms with Crippen molar-refractivity contribution < 1.29 is 9.59 Å². The van der Waals surface area contributed by atoms with E-state index < -0.39 is 0 Å². The van der Waals surface area contributed by atoms with Gasteiger partial charge in [-0.2, -0.15) is 5.10 Å². The van der Waals surface area contributed by atoms with Crippen LogP contribution in [-0.2, 0) is 11.3 Å². The Bertz CT molecular complexity index is 661. The lowest BCUT2D eigenvalue weighted by Gasteiger charge is -2.11. The molecule has 0 aliphatic heterocycles. The van der Waals surface area contributed by atoms with Gasteiger partial charge >= 0.3 is 0 Å². The number of anilines is 1. The zero-order valence-corrected chi connectivity index (χ0v) is 12.3. The van der Waals surface area contributed by atoms with Gasteiger partial charge in [0.2, 0.25) is 5.91 Å². The van der Waals surface area contributed by atoms with Crippen molar-refractivity contribution >= 4 is 17.5 Å². The summed E-state index contributed by atoms with van der Waals surface area (Å²) >= 11 is 0. The first-order valence-electron chi connectivity index (χ1n) is 6.56. The summed E-state index contributed by atoms with van der Waals surface area (Å²) in [6, 6.07) is 6.87. The third-order valence-electron chi connectivity index (χ3n) is 2.87. The number of aryl methyl sites for hydroxylation is 1. The largest absolute Gasteiger partial charge is 0.345 e. The highest BCUT2D eigenvalue weighted by atomic mass is 16.2. The number of carbonyl (C=O) groups excluding carboxylic acids is 2. The predicted octanol–water partition coefficient (Wildman–Crippen LogP) is 1.53. The Morgan fingerprint density at radius 3 is 2.71 bits per heavy atom. The van der Waals surface area contributed by atoms with Gasteiger partial charge in [0, 0.05) is 31.5 Å². The first-order chi connectivity index (χ1) is 9.95. The van der Waals surface area contributed by atoms with Crippen LogP contribution in [0.15, 0.2) is 36.7 Å². The fourth-order valence-electron chi connectivity index (χ4n) is 1.89. The van der Waals surface area contributed by atoms with E-state index in [0.29, 0.717) is 11.3 Å². The third kappa shape index (κ3) is 3.92. The molecule has 2 amide bonds. The number of nitrogens with one attached hydrogen (secondary N) is 1. The van der Waals surface area contributed by atoms with Crippen molar-refractivity contribution in [2.45, 2.75) is 13.5 Å². The molecular formula is C15H18N4O2. The number of nitrogens with zero attached hydrogens (tertiary/aromatic N) is 3. The smallest absolute Gasteiger partial charge is 0.253 e. The number of benzene rings is 1. The number of rotatable bonds is 4. The maximum Gasteiger partial charge on any atom is 0.253 e. The fraction of sp³-hybridized carbons (Fsp3) is 0.267. The van der Waals surface area contributed by atoms with Crippen LogP contribution in [0.5, 0.6) is 0 Å². The summed E-state index contributed by atoms with van der Waals surface area (Å²) in [7, 11) is 3.38. The minimum atomic E-state index is -0.187. The highest BCUT2D eigenvalue weighted by Gasteiger charge is 2.10. The van der Waals surface area contributed by atoms with Gasteiger partial charge in [-0.05, 0) is 30.7 Å². The first kappa shape index (κ1) is 14.8. The van der Waals surface area contributed by atoms with Gasteiger partial charge in [0.25, 0.3) is 5.91 Å². The van der Waals surface area contributed by atoms with E-state index in [-0.39, 0.29) is 18.4 Å². The molecule has 0 spiro atoms. The maximum atomic E-state index is 11.9. The molecule has 0 saturated heterocycles. The van der Waals surface area contributed by atoms with E-state index in [2.05, 4.69) is 10.4 Å². The second-order valence-corrected chi connectivity index (χ2v) is 5.04. The van der Waals surface area contributed by atoms with Crippen LogP contribution < -0.4 is 5.32 Å². The van der Waals surface area contributed by atoms with E-state index in [4.69, 9.17) is 0 Å². The standard InChI is InChI=1S/C15H18N4O2/c1-11-8-16-19(9-11)10-14(20)17-13-6-4-5-12(7-13)15(21)18(2)3/h4-9H,10H2,1-3H3,(H,17,20). The van der Waals surface area contributed by atoms with Crippen LogP contribution in [0.25, 0.3) is 0 Å². The Kier molecular flexibility index (Phi) is 4.37. The van der Waals surface area contributed by atoms with Gasteiger partial charge in [0.05, 0.1) is 6.20 Å². The van der Waals surface area contributed by atoms with Crippen molar-refractivity contribution in [3.05, 3.63) is 47.8 Å². The second-order valence-electron chi connectivity index (χ2n) is 5.04. The molecule has 0 bridgehead atoms. The molecule has 0 atom stereocenters. The average molecular weight is 286 g/mol. The number of hydrogen-bond donors (Lipinski definition) is 1. The van der Waals surface area contributed by atoms with Crippen LogP contribution in [0.3, 0.4) is 0 Å². The topological polar surface area (TPSA) is 67.2 Å². The maximum absolute atomic E-state index is 11.9. The summed E-state index contributed by atoms with van der Waals surface area (Å²) in [5.74, 6) is -0.290. The monoisotopic (exact) mass is 286 g/mol. The Morgan fingerprint density at radius 1 is 1.33 bits per heavy atom. The van der Waals surface area contributed by atoms with Crippen molar-refractivity contribution in [1.29, 1.82) is 0 Å². The lowest BCUT2D eigenvalue weighted by Crippen LogP contribution is -2.22. The molecule has 6 nitrogen and oxygen atoms in total. The Labute approximate surface area is 123 Å². The molecule has 21 heavy (non-hydrogen) atoms. The number of carbonyl (C=O) groups is 2. The highest BCUT2D eigenvalue weighted by Crippen LogP contribution is 2.12. The van der Waals surface area contributed by atoms with Crippen molar-refractivity contribution in [3.8, 4) is 0 Å². The number of amides is 2. The fourth-order valence-corrected chi connectivity index (χ4v) is 1.89. The molecular weight excluding hydrogens is 268 g/mol. The molecule has 0 unspecified atom stereocenters. The Morgan fingerprint density at radius 2 is 2.10 bits per heavy atom. The van der Waals surface area contributed by atoms with Crippen LogP contribution >= 0.6 is 0 Å². The minimum Gasteiger partial charge on any atom is -0.345 e. The summed E-state index contributed by atoms with van der Waals surface area (Å²) in [6.07, 6.45) is 3.50. The van der Waals surface area contributed by atoms with Crippen molar-refractivity contribution in [1.82, 2.24) is 14.7 Å².